The van der Waals surface area contributed by atoms with Gasteiger partial charge in [-0.05, 0) is 11.1 Å². The SMILES string of the molecule is ClCC1=NC[C@@H](c2ccccc2)c2ccccc21. The van der Waals surface area contributed by atoms with Crippen LogP contribution in [0.4, 0.5) is 0 Å². The van der Waals surface area contributed by atoms with Crippen LogP contribution in [0.5, 0.6) is 0 Å². The van der Waals surface area contributed by atoms with Gasteiger partial charge < -0.3 is 0 Å². The summed E-state index contributed by atoms with van der Waals surface area (Å²) in [6, 6.07) is 19.0. The summed E-state index contributed by atoms with van der Waals surface area (Å²) in [7, 11) is 0. The fourth-order valence-corrected chi connectivity index (χ4v) is 2.76. The maximum atomic E-state index is 5.97. The van der Waals surface area contributed by atoms with Crippen LogP contribution in [-0.2, 0) is 0 Å². The number of benzene rings is 2. The average molecular weight is 256 g/mol. The summed E-state index contributed by atoms with van der Waals surface area (Å²) in [5, 5.41) is 0. The van der Waals surface area contributed by atoms with E-state index in [1.54, 1.807) is 0 Å². The quantitative estimate of drug-likeness (QED) is 0.723. The van der Waals surface area contributed by atoms with Crippen molar-refractivity contribution in [2.75, 3.05) is 12.4 Å². The van der Waals surface area contributed by atoms with Crippen molar-refractivity contribution in [3.63, 3.8) is 0 Å². The topological polar surface area (TPSA) is 12.4 Å². The van der Waals surface area contributed by atoms with E-state index in [1.807, 2.05) is 12.1 Å². The first-order chi connectivity index (χ1) is 8.90. The van der Waals surface area contributed by atoms with Crippen molar-refractivity contribution in [2.45, 2.75) is 5.92 Å². The molecule has 0 aliphatic carbocycles. The van der Waals surface area contributed by atoms with Crippen LogP contribution in [-0.4, -0.2) is 18.1 Å². The molecule has 2 heteroatoms. The zero-order valence-corrected chi connectivity index (χ0v) is 10.8. The molecule has 0 fully saturated rings. The van der Waals surface area contributed by atoms with Crippen LogP contribution in [0, 0.1) is 0 Å². The molecule has 2 aromatic carbocycles. The lowest BCUT2D eigenvalue weighted by atomic mass is 9.85. The molecule has 0 aromatic heterocycles. The molecule has 0 spiro atoms. The summed E-state index contributed by atoms with van der Waals surface area (Å²) < 4.78 is 0. The van der Waals surface area contributed by atoms with Crippen LogP contribution in [0.2, 0.25) is 0 Å². The Labute approximate surface area is 112 Å². The van der Waals surface area contributed by atoms with E-state index in [-0.39, 0.29) is 0 Å². The Morgan fingerprint density at radius 2 is 1.72 bits per heavy atom. The Kier molecular flexibility index (Phi) is 3.16. The molecule has 1 aliphatic heterocycles. The highest BCUT2D eigenvalue weighted by Gasteiger charge is 2.22. The van der Waals surface area contributed by atoms with Gasteiger partial charge in [0.15, 0.2) is 0 Å². The molecule has 18 heavy (non-hydrogen) atoms. The van der Waals surface area contributed by atoms with Crippen molar-refractivity contribution in [3.8, 4) is 0 Å². The van der Waals surface area contributed by atoms with Crippen molar-refractivity contribution in [3.05, 3.63) is 71.3 Å². The van der Waals surface area contributed by atoms with Crippen LogP contribution >= 0.6 is 11.6 Å². The van der Waals surface area contributed by atoms with E-state index < -0.39 is 0 Å². The van der Waals surface area contributed by atoms with Gasteiger partial charge in [-0.1, -0.05) is 54.6 Å². The highest BCUT2D eigenvalue weighted by molar-refractivity contribution is 6.32. The second-order valence-corrected chi connectivity index (χ2v) is 4.74. The maximum absolute atomic E-state index is 5.97. The third kappa shape index (κ3) is 1.95. The first kappa shape index (κ1) is 11.5. The Balaban J connectivity index is 2.09. The molecule has 0 unspecified atom stereocenters. The Hall–Kier alpha value is -1.60. The fraction of sp³-hybridized carbons (Fsp3) is 0.188. The molecule has 0 N–H and O–H groups in total. The summed E-state index contributed by atoms with van der Waals surface area (Å²) in [6.07, 6.45) is 0. The molecule has 1 nitrogen and oxygen atoms in total. The molecule has 0 saturated carbocycles. The van der Waals surface area contributed by atoms with Gasteiger partial charge in [0.1, 0.15) is 0 Å². The van der Waals surface area contributed by atoms with Gasteiger partial charge in [-0.2, -0.15) is 0 Å². The van der Waals surface area contributed by atoms with Gasteiger partial charge in [0.2, 0.25) is 0 Å². The average Bonchev–Trinajstić information content (AvgIpc) is 2.47. The monoisotopic (exact) mass is 255 g/mol. The lowest BCUT2D eigenvalue weighted by Gasteiger charge is -2.24. The fourth-order valence-electron chi connectivity index (χ4n) is 2.53. The van der Waals surface area contributed by atoms with Gasteiger partial charge in [-0.25, -0.2) is 0 Å². The molecule has 0 bridgehead atoms. The summed E-state index contributed by atoms with van der Waals surface area (Å²) in [6.45, 7) is 0.795. The molecule has 0 saturated heterocycles. The Bertz CT molecular complexity index is 575. The van der Waals surface area contributed by atoms with E-state index in [1.165, 1.54) is 16.7 Å². The standard InChI is InChI=1S/C16H14ClN/c17-10-16-14-9-5-4-8-13(14)15(11-18-16)12-6-2-1-3-7-12/h1-9,15H,10-11H2/t15-/m0/s1. The predicted octanol–water partition coefficient (Wildman–Crippen LogP) is 3.86. The molecule has 90 valence electrons. The van der Waals surface area contributed by atoms with Crippen molar-refractivity contribution >= 4 is 17.3 Å². The molecule has 2 aromatic rings. The van der Waals surface area contributed by atoms with Crippen molar-refractivity contribution < 1.29 is 0 Å². The molecule has 1 aliphatic rings. The highest BCUT2D eigenvalue weighted by Crippen LogP contribution is 2.31. The molecular weight excluding hydrogens is 242 g/mol. The number of hydrogen-bond donors (Lipinski definition) is 0. The van der Waals surface area contributed by atoms with E-state index in [0.717, 1.165) is 12.3 Å². The number of halogens is 1. The van der Waals surface area contributed by atoms with Crippen LogP contribution in [0.25, 0.3) is 0 Å². The Morgan fingerprint density at radius 3 is 2.50 bits per heavy atom. The zero-order valence-electron chi connectivity index (χ0n) is 10.0. The van der Waals surface area contributed by atoms with Gasteiger partial charge in [0.25, 0.3) is 0 Å². The largest absolute Gasteiger partial charge is 0.287 e. The number of rotatable bonds is 2. The minimum Gasteiger partial charge on any atom is -0.287 e. The van der Waals surface area contributed by atoms with Gasteiger partial charge in [-0.15, -0.1) is 11.6 Å². The maximum Gasteiger partial charge on any atom is 0.0649 e. The summed E-state index contributed by atoms with van der Waals surface area (Å²) in [5.41, 5.74) is 4.88. The lowest BCUT2D eigenvalue weighted by molar-refractivity contribution is 0.803. The lowest BCUT2D eigenvalue weighted by Crippen LogP contribution is -2.19. The second kappa shape index (κ2) is 4.95. The number of nitrogens with zero attached hydrogens (tertiary/aromatic N) is 1. The number of fused-ring (bicyclic) bond motifs is 1. The van der Waals surface area contributed by atoms with Gasteiger partial charge in [0, 0.05) is 11.5 Å². The Morgan fingerprint density at radius 1 is 1.00 bits per heavy atom. The summed E-state index contributed by atoms with van der Waals surface area (Å²) >= 11 is 5.97. The summed E-state index contributed by atoms with van der Waals surface area (Å²) in [5.74, 6) is 0.841. The first-order valence-corrected chi connectivity index (χ1v) is 6.67. The predicted molar refractivity (Wildman–Crippen MR) is 76.9 cm³/mol. The van der Waals surface area contributed by atoms with Gasteiger partial charge in [-0.3, -0.25) is 4.99 Å². The number of aliphatic imine (C=N–C) groups is 1. The number of alkyl halides is 1. The zero-order chi connectivity index (χ0) is 12.4. The third-order valence-corrected chi connectivity index (χ3v) is 3.69. The third-order valence-electron chi connectivity index (χ3n) is 3.44. The molecule has 1 atom stereocenters. The van der Waals surface area contributed by atoms with E-state index in [4.69, 9.17) is 11.6 Å². The molecule has 1 heterocycles. The van der Waals surface area contributed by atoms with Crippen LogP contribution in [0.3, 0.4) is 0 Å². The van der Waals surface area contributed by atoms with Gasteiger partial charge >= 0.3 is 0 Å². The van der Waals surface area contributed by atoms with Gasteiger partial charge in [0.05, 0.1) is 18.1 Å². The van der Waals surface area contributed by atoms with E-state index in [9.17, 15) is 0 Å². The van der Waals surface area contributed by atoms with E-state index in [0.29, 0.717) is 11.8 Å². The second-order valence-electron chi connectivity index (χ2n) is 4.47. The first-order valence-electron chi connectivity index (χ1n) is 6.13. The molecule has 3 rings (SSSR count). The van der Waals surface area contributed by atoms with Crippen LogP contribution < -0.4 is 0 Å². The van der Waals surface area contributed by atoms with Crippen LogP contribution in [0.15, 0.2) is 59.6 Å². The van der Waals surface area contributed by atoms with Crippen LogP contribution in [0.1, 0.15) is 22.6 Å². The minimum absolute atomic E-state index is 0.356. The van der Waals surface area contributed by atoms with E-state index >= 15 is 0 Å². The smallest absolute Gasteiger partial charge is 0.0649 e. The normalized spacial score (nSPS) is 18.1. The van der Waals surface area contributed by atoms with Crippen molar-refractivity contribution in [1.29, 1.82) is 0 Å². The number of hydrogen-bond acceptors (Lipinski definition) is 1. The minimum atomic E-state index is 0.356. The molecule has 0 amide bonds. The summed E-state index contributed by atoms with van der Waals surface area (Å²) in [4.78, 5) is 4.63. The molecular formula is C16H14ClN. The molecule has 0 radical (unpaired) electrons. The van der Waals surface area contributed by atoms with Crippen molar-refractivity contribution in [2.24, 2.45) is 4.99 Å². The highest BCUT2D eigenvalue weighted by atomic mass is 35.5. The van der Waals surface area contributed by atoms with E-state index in [2.05, 4.69) is 47.5 Å². The van der Waals surface area contributed by atoms with Crippen molar-refractivity contribution in [1.82, 2.24) is 0 Å².